The van der Waals surface area contributed by atoms with Crippen LogP contribution in [0.5, 0.6) is 11.5 Å². The number of nitrogens with one attached hydrogen (secondary N) is 1. The van der Waals surface area contributed by atoms with Crippen LogP contribution in [0, 0.1) is 5.82 Å². The Morgan fingerprint density at radius 1 is 1.14 bits per heavy atom. The van der Waals surface area contributed by atoms with E-state index in [0.717, 1.165) is 0 Å². The molecule has 0 heterocycles. The van der Waals surface area contributed by atoms with E-state index in [4.69, 9.17) is 9.47 Å². The quantitative estimate of drug-likeness (QED) is 0.795. The fourth-order valence-electron chi connectivity index (χ4n) is 1.94. The average Bonchev–Trinajstić information content (AvgIpc) is 2.52. The van der Waals surface area contributed by atoms with Crippen molar-refractivity contribution >= 4 is 11.6 Å². The maximum absolute atomic E-state index is 13.0. The van der Waals surface area contributed by atoms with Crippen LogP contribution < -0.4 is 14.8 Å². The van der Waals surface area contributed by atoms with Crippen LogP contribution in [0.25, 0.3) is 0 Å². The molecule has 0 saturated heterocycles. The van der Waals surface area contributed by atoms with E-state index in [0.29, 0.717) is 36.6 Å². The van der Waals surface area contributed by atoms with Crippen molar-refractivity contribution in [2.75, 3.05) is 19.0 Å². The second-order valence-electron chi connectivity index (χ2n) is 4.66. The molecule has 0 unspecified atom stereocenters. The number of benzene rings is 2. The fraction of sp³-hybridized carbons (Fsp3) is 0.235. The number of rotatable bonds is 7. The van der Waals surface area contributed by atoms with Gasteiger partial charge in [-0.2, -0.15) is 0 Å². The number of carbonyl (C=O) groups excluding carboxylic acids is 1. The molecule has 2 rings (SSSR count). The van der Waals surface area contributed by atoms with Gasteiger partial charge in [-0.15, -0.1) is 0 Å². The molecule has 0 aliphatic carbocycles. The van der Waals surface area contributed by atoms with Crippen molar-refractivity contribution in [3.8, 4) is 11.5 Å². The van der Waals surface area contributed by atoms with Crippen molar-refractivity contribution in [3.63, 3.8) is 0 Å². The Bertz CT molecular complexity index is 631. The third kappa shape index (κ3) is 4.77. The third-order valence-electron chi connectivity index (χ3n) is 2.98. The van der Waals surface area contributed by atoms with Gasteiger partial charge in [0.15, 0.2) is 11.5 Å². The van der Waals surface area contributed by atoms with E-state index in [1.807, 2.05) is 24.3 Å². The lowest BCUT2D eigenvalue weighted by Crippen LogP contribution is -2.13. The fourth-order valence-corrected chi connectivity index (χ4v) is 1.94. The molecule has 2 aromatic carbocycles. The number of ether oxygens (including phenoxy) is 2. The molecule has 4 nitrogen and oxygen atoms in total. The lowest BCUT2D eigenvalue weighted by Gasteiger charge is -2.10. The number of para-hydroxylation sites is 2. The van der Waals surface area contributed by atoms with Gasteiger partial charge in [-0.3, -0.25) is 4.79 Å². The summed E-state index contributed by atoms with van der Waals surface area (Å²) in [6, 6.07) is 13.1. The van der Waals surface area contributed by atoms with Gasteiger partial charge in [-0.1, -0.05) is 18.2 Å². The molecule has 22 heavy (non-hydrogen) atoms. The molecule has 0 radical (unpaired) electrons. The topological polar surface area (TPSA) is 47.6 Å². The van der Waals surface area contributed by atoms with Gasteiger partial charge < -0.3 is 14.8 Å². The molecule has 0 aliphatic heterocycles. The molecule has 0 aromatic heterocycles. The van der Waals surface area contributed by atoms with E-state index in [1.54, 1.807) is 19.2 Å². The van der Waals surface area contributed by atoms with Crippen LogP contribution >= 0.6 is 0 Å². The lowest BCUT2D eigenvalue weighted by molar-refractivity contribution is -0.116. The minimum atomic E-state index is -0.377. The summed E-state index contributed by atoms with van der Waals surface area (Å²) in [7, 11) is 1.58. The molecular formula is C17H18FNO3. The highest BCUT2D eigenvalue weighted by Gasteiger charge is 2.05. The number of amides is 1. The largest absolute Gasteiger partial charge is 0.493 e. The van der Waals surface area contributed by atoms with E-state index in [1.165, 1.54) is 12.1 Å². The van der Waals surface area contributed by atoms with E-state index in [2.05, 4.69) is 5.32 Å². The summed E-state index contributed by atoms with van der Waals surface area (Å²) in [5.74, 6) is 0.758. The summed E-state index contributed by atoms with van der Waals surface area (Å²) in [6.45, 7) is 0.400. The minimum absolute atomic E-state index is 0.172. The van der Waals surface area contributed by atoms with Crippen molar-refractivity contribution < 1.29 is 18.7 Å². The summed E-state index contributed by atoms with van der Waals surface area (Å²) in [4.78, 5) is 11.7. The summed E-state index contributed by atoms with van der Waals surface area (Å²) >= 11 is 0. The molecule has 0 fully saturated rings. The van der Waals surface area contributed by atoms with Gasteiger partial charge in [-0.25, -0.2) is 4.39 Å². The molecule has 116 valence electrons. The molecule has 2 aromatic rings. The lowest BCUT2D eigenvalue weighted by atomic mass is 10.2. The van der Waals surface area contributed by atoms with E-state index >= 15 is 0 Å². The van der Waals surface area contributed by atoms with E-state index in [-0.39, 0.29) is 11.7 Å². The molecule has 0 aliphatic rings. The summed E-state index contributed by atoms with van der Waals surface area (Å²) < 4.78 is 23.8. The van der Waals surface area contributed by atoms with Crippen LogP contribution in [-0.4, -0.2) is 19.6 Å². The van der Waals surface area contributed by atoms with E-state index in [9.17, 15) is 9.18 Å². The third-order valence-corrected chi connectivity index (χ3v) is 2.98. The standard InChI is InChI=1S/C17H18FNO3/c1-21-15-8-2-3-9-16(15)22-11-5-10-17(20)19-14-7-4-6-13(18)12-14/h2-4,6-9,12H,5,10-11H2,1H3,(H,19,20). The monoisotopic (exact) mass is 303 g/mol. The Balaban J connectivity index is 1.73. The maximum Gasteiger partial charge on any atom is 0.224 e. The second kappa shape index (κ2) is 8.02. The summed E-state index contributed by atoms with van der Waals surface area (Å²) in [6.07, 6.45) is 0.852. The van der Waals surface area contributed by atoms with Crippen LogP contribution in [0.15, 0.2) is 48.5 Å². The van der Waals surface area contributed by atoms with Crippen molar-refractivity contribution in [2.45, 2.75) is 12.8 Å². The van der Waals surface area contributed by atoms with Gasteiger partial charge in [0.05, 0.1) is 13.7 Å². The smallest absolute Gasteiger partial charge is 0.224 e. The maximum atomic E-state index is 13.0. The minimum Gasteiger partial charge on any atom is -0.493 e. The number of halogens is 1. The number of hydrogen-bond donors (Lipinski definition) is 1. The van der Waals surface area contributed by atoms with E-state index < -0.39 is 0 Å². The van der Waals surface area contributed by atoms with Crippen LogP contribution in [0.2, 0.25) is 0 Å². The number of hydrogen-bond acceptors (Lipinski definition) is 3. The first-order chi connectivity index (χ1) is 10.7. The van der Waals surface area contributed by atoms with Gasteiger partial charge in [0, 0.05) is 12.1 Å². The summed E-state index contributed by atoms with van der Waals surface area (Å²) in [5, 5.41) is 2.64. The highest BCUT2D eigenvalue weighted by atomic mass is 19.1. The number of carbonyl (C=O) groups is 1. The Morgan fingerprint density at radius 2 is 1.91 bits per heavy atom. The van der Waals surface area contributed by atoms with Crippen LogP contribution in [0.3, 0.4) is 0 Å². The number of anilines is 1. The molecule has 0 saturated carbocycles. The predicted molar refractivity (Wildman–Crippen MR) is 82.8 cm³/mol. The Hall–Kier alpha value is -2.56. The highest BCUT2D eigenvalue weighted by Crippen LogP contribution is 2.25. The normalized spacial score (nSPS) is 10.1. The zero-order chi connectivity index (χ0) is 15.8. The highest BCUT2D eigenvalue weighted by molar-refractivity contribution is 5.90. The second-order valence-corrected chi connectivity index (χ2v) is 4.66. The van der Waals surface area contributed by atoms with Crippen LogP contribution in [0.1, 0.15) is 12.8 Å². The Labute approximate surface area is 128 Å². The van der Waals surface area contributed by atoms with Crippen molar-refractivity contribution in [3.05, 3.63) is 54.3 Å². The molecule has 0 atom stereocenters. The van der Waals surface area contributed by atoms with Gasteiger partial charge in [0.25, 0.3) is 0 Å². The van der Waals surface area contributed by atoms with Crippen molar-refractivity contribution in [1.29, 1.82) is 0 Å². The first kappa shape index (κ1) is 15.8. The Morgan fingerprint density at radius 3 is 2.64 bits per heavy atom. The number of methoxy groups -OCH3 is 1. The first-order valence-electron chi connectivity index (χ1n) is 7.00. The van der Waals surface area contributed by atoms with Crippen molar-refractivity contribution in [1.82, 2.24) is 0 Å². The molecule has 0 bridgehead atoms. The molecule has 0 spiro atoms. The van der Waals surface area contributed by atoms with Crippen LogP contribution in [-0.2, 0) is 4.79 Å². The molecule has 1 amide bonds. The van der Waals surface area contributed by atoms with Gasteiger partial charge in [-0.05, 0) is 36.8 Å². The van der Waals surface area contributed by atoms with Crippen LogP contribution in [0.4, 0.5) is 10.1 Å². The first-order valence-corrected chi connectivity index (χ1v) is 7.00. The van der Waals surface area contributed by atoms with Gasteiger partial charge in [0.2, 0.25) is 5.91 Å². The predicted octanol–water partition coefficient (Wildman–Crippen LogP) is 3.63. The Kier molecular flexibility index (Phi) is 5.77. The van der Waals surface area contributed by atoms with Gasteiger partial charge in [0.1, 0.15) is 5.82 Å². The SMILES string of the molecule is COc1ccccc1OCCCC(=O)Nc1cccc(F)c1. The zero-order valence-corrected chi connectivity index (χ0v) is 12.3. The summed E-state index contributed by atoms with van der Waals surface area (Å²) in [5.41, 5.74) is 0.454. The van der Waals surface area contributed by atoms with Crippen molar-refractivity contribution in [2.24, 2.45) is 0 Å². The molecular weight excluding hydrogens is 285 g/mol. The average molecular weight is 303 g/mol. The van der Waals surface area contributed by atoms with Gasteiger partial charge >= 0.3 is 0 Å². The molecule has 1 N–H and O–H groups in total. The molecule has 5 heteroatoms. The zero-order valence-electron chi connectivity index (χ0n) is 12.3.